The lowest BCUT2D eigenvalue weighted by Gasteiger charge is -2.19. The van der Waals surface area contributed by atoms with Crippen LogP contribution in [0.4, 0.5) is 14.9 Å². The molecule has 0 fully saturated rings. The molecule has 1 heterocycles. The molecule has 3 aromatic carbocycles. The molecule has 1 atom stereocenters. The van der Waals surface area contributed by atoms with E-state index in [0.717, 1.165) is 22.0 Å². The van der Waals surface area contributed by atoms with Crippen LogP contribution < -0.4 is 20.1 Å². The number of para-hydroxylation sites is 1. The minimum atomic E-state index is -0.429. The van der Waals surface area contributed by atoms with Crippen molar-refractivity contribution in [2.75, 3.05) is 26.1 Å². The van der Waals surface area contributed by atoms with Crippen LogP contribution in [0.1, 0.15) is 17.0 Å². The molecular formula is C25H23ClFN3O3. The number of aromatic amines is 1. The van der Waals surface area contributed by atoms with Crippen LogP contribution in [0.2, 0.25) is 5.02 Å². The topological polar surface area (TPSA) is 75.4 Å². The van der Waals surface area contributed by atoms with Gasteiger partial charge in [0.25, 0.3) is 0 Å². The van der Waals surface area contributed by atoms with E-state index < -0.39 is 6.03 Å². The van der Waals surface area contributed by atoms with Gasteiger partial charge in [0.2, 0.25) is 0 Å². The number of nitrogens with one attached hydrogen (secondary N) is 3. The fourth-order valence-electron chi connectivity index (χ4n) is 3.80. The van der Waals surface area contributed by atoms with Crippen molar-refractivity contribution in [3.8, 4) is 11.5 Å². The summed E-state index contributed by atoms with van der Waals surface area (Å²) in [6.45, 7) is 0.283. The number of amides is 2. The summed E-state index contributed by atoms with van der Waals surface area (Å²) < 4.78 is 24.1. The van der Waals surface area contributed by atoms with Crippen molar-refractivity contribution in [3.05, 3.63) is 88.8 Å². The molecule has 0 saturated heterocycles. The number of anilines is 1. The average molecular weight is 468 g/mol. The van der Waals surface area contributed by atoms with Crippen LogP contribution in [-0.2, 0) is 0 Å². The van der Waals surface area contributed by atoms with Crippen LogP contribution >= 0.6 is 11.6 Å². The van der Waals surface area contributed by atoms with Gasteiger partial charge in [-0.2, -0.15) is 0 Å². The Labute approximate surface area is 195 Å². The highest BCUT2D eigenvalue weighted by atomic mass is 35.5. The summed E-state index contributed by atoms with van der Waals surface area (Å²) in [5.41, 5.74) is 3.28. The Morgan fingerprint density at radius 1 is 1.06 bits per heavy atom. The Hall–Kier alpha value is -3.71. The number of benzene rings is 3. The van der Waals surface area contributed by atoms with Crippen molar-refractivity contribution in [2.45, 2.75) is 5.92 Å². The number of urea groups is 1. The highest BCUT2D eigenvalue weighted by Crippen LogP contribution is 2.36. The first-order valence-corrected chi connectivity index (χ1v) is 10.7. The number of carbonyl (C=O) groups is 1. The van der Waals surface area contributed by atoms with Crippen molar-refractivity contribution in [2.24, 2.45) is 0 Å². The maximum Gasteiger partial charge on any atom is 0.319 e. The molecule has 0 unspecified atom stereocenters. The van der Waals surface area contributed by atoms with Crippen molar-refractivity contribution in [1.29, 1.82) is 0 Å². The molecule has 4 rings (SSSR count). The van der Waals surface area contributed by atoms with Crippen LogP contribution in [0.3, 0.4) is 0 Å². The van der Waals surface area contributed by atoms with Crippen molar-refractivity contribution in [1.82, 2.24) is 10.3 Å². The molecule has 0 saturated carbocycles. The van der Waals surface area contributed by atoms with E-state index in [2.05, 4.69) is 15.6 Å². The number of hydrogen-bond donors (Lipinski definition) is 3. The van der Waals surface area contributed by atoms with Crippen LogP contribution in [0.15, 0.2) is 66.9 Å². The Morgan fingerprint density at radius 2 is 1.79 bits per heavy atom. The molecule has 2 amide bonds. The number of fused-ring (bicyclic) bond motifs is 1. The molecule has 170 valence electrons. The van der Waals surface area contributed by atoms with Gasteiger partial charge < -0.3 is 25.1 Å². The Bertz CT molecular complexity index is 1270. The number of carbonyl (C=O) groups excluding carboxylic acids is 1. The zero-order valence-corrected chi connectivity index (χ0v) is 18.9. The zero-order chi connectivity index (χ0) is 23.4. The summed E-state index contributed by atoms with van der Waals surface area (Å²) in [4.78, 5) is 16.0. The van der Waals surface area contributed by atoms with Gasteiger partial charge in [-0.1, -0.05) is 41.9 Å². The third-order valence-electron chi connectivity index (χ3n) is 5.46. The zero-order valence-electron chi connectivity index (χ0n) is 18.1. The summed E-state index contributed by atoms with van der Waals surface area (Å²) in [7, 11) is 2.99. The van der Waals surface area contributed by atoms with Gasteiger partial charge in [-0.05, 0) is 35.4 Å². The SMILES string of the molecule is COc1cc(OC)c(NC(=O)NC[C@@H](c2ccc(F)cc2)c2c[nH]c3ccccc23)cc1Cl. The monoisotopic (exact) mass is 467 g/mol. The molecule has 6 nitrogen and oxygen atoms in total. The van der Waals surface area contributed by atoms with Crippen molar-refractivity contribution < 1.29 is 18.7 Å². The van der Waals surface area contributed by atoms with Gasteiger partial charge in [0.1, 0.15) is 17.3 Å². The molecule has 3 N–H and O–H groups in total. The maximum atomic E-state index is 13.5. The van der Waals surface area contributed by atoms with Crippen LogP contribution in [0.25, 0.3) is 10.9 Å². The Kier molecular flexibility index (Phi) is 6.70. The predicted molar refractivity (Wildman–Crippen MR) is 128 cm³/mol. The molecule has 0 bridgehead atoms. The fraction of sp³-hybridized carbons (Fsp3) is 0.160. The first-order chi connectivity index (χ1) is 16.0. The number of methoxy groups -OCH3 is 2. The number of ether oxygens (including phenoxy) is 2. The summed E-state index contributed by atoms with van der Waals surface area (Å²) in [5.74, 6) is 0.341. The van der Waals surface area contributed by atoms with Crippen molar-refractivity contribution in [3.63, 3.8) is 0 Å². The molecule has 0 aliphatic carbocycles. The van der Waals surface area contributed by atoms with E-state index in [1.807, 2.05) is 30.5 Å². The molecule has 1 aromatic heterocycles. The first-order valence-electron chi connectivity index (χ1n) is 10.3. The molecule has 0 radical (unpaired) electrons. The number of H-pyrrole nitrogens is 1. The van der Waals surface area contributed by atoms with Crippen LogP contribution in [0.5, 0.6) is 11.5 Å². The Morgan fingerprint density at radius 3 is 2.52 bits per heavy atom. The molecule has 33 heavy (non-hydrogen) atoms. The maximum absolute atomic E-state index is 13.5. The summed E-state index contributed by atoms with van der Waals surface area (Å²) in [6.07, 6.45) is 1.92. The van der Waals surface area contributed by atoms with Gasteiger partial charge in [-0.15, -0.1) is 0 Å². The predicted octanol–water partition coefficient (Wildman–Crippen LogP) is 5.93. The lowest BCUT2D eigenvalue weighted by Crippen LogP contribution is -2.32. The highest BCUT2D eigenvalue weighted by molar-refractivity contribution is 6.32. The normalized spacial score (nSPS) is 11.8. The minimum absolute atomic E-state index is 0.200. The fourth-order valence-corrected chi connectivity index (χ4v) is 4.04. The molecule has 0 aliphatic rings. The van der Waals surface area contributed by atoms with Crippen LogP contribution in [0, 0.1) is 5.82 Å². The van der Waals surface area contributed by atoms with E-state index in [4.69, 9.17) is 21.1 Å². The second kappa shape index (κ2) is 9.83. The largest absolute Gasteiger partial charge is 0.495 e. The van der Waals surface area contributed by atoms with Gasteiger partial charge in [0, 0.05) is 35.6 Å². The van der Waals surface area contributed by atoms with Gasteiger partial charge in [0.15, 0.2) is 0 Å². The van der Waals surface area contributed by atoms with E-state index in [0.29, 0.717) is 22.2 Å². The Balaban J connectivity index is 1.57. The second-order valence-electron chi connectivity index (χ2n) is 7.42. The molecule has 4 aromatic rings. The van der Waals surface area contributed by atoms with Gasteiger partial charge >= 0.3 is 6.03 Å². The van der Waals surface area contributed by atoms with Crippen molar-refractivity contribution >= 4 is 34.2 Å². The molecular weight excluding hydrogens is 445 g/mol. The van der Waals surface area contributed by atoms with E-state index >= 15 is 0 Å². The van der Waals surface area contributed by atoms with Gasteiger partial charge in [-0.3, -0.25) is 0 Å². The number of rotatable bonds is 7. The smallest absolute Gasteiger partial charge is 0.319 e. The third kappa shape index (κ3) is 4.88. The van der Waals surface area contributed by atoms with E-state index in [1.54, 1.807) is 24.3 Å². The number of halogens is 2. The first kappa shape index (κ1) is 22.5. The summed E-state index contributed by atoms with van der Waals surface area (Å²) >= 11 is 6.20. The van der Waals surface area contributed by atoms with Crippen LogP contribution in [-0.4, -0.2) is 31.8 Å². The van der Waals surface area contributed by atoms with Gasteiger partial charge in [0.05, 0.1) is 24.9 Å². The summed E-state index contributed by atoms with van der Waals surface area (Å²) in [5, 5.41) is 7.06. The lowest BCUT2D eigenvalue weighted by atomic mass is 9.91. The average Bonchev–Trinajstić information content (AvgIpc) is 3.24. The van der Waals surface area contributed by atoms with Gasteiger partial charge in [-0.25, -0.2) is 9.18 Å². The third-order valence-corrected chi connectivity index (χ3v) is 5.75. The summed E-state index contributed by atoms with van der Waals surface area (Å²) in [6, 6.07) is 16.9. The molecule has 8 heteroatoms. The van der Waals surface area contributed by atoms with E-state index in [9.17, 15) is 9.18 Å². The quantitative estimate of drug-likeness (QED) is 0.315. The standard InChI is InChI=1S/C25H23ClFN3O3/c1-32-23-12-24(33-2)22(11-20(23)26)30-25(31)29-13-18(15-7-9-16(27)10-8-15)19-14-28-21-6-4-3-5-17(19)21/h3-12,14,18,28H,13H2,1-2H3,(H2,29,30,31)/t18-/m0/s1. The lowest BCUT2D eigenvalue weighted by molar-refractivity contribution is 0.251. The number of hydrogen-bond acceptors (Lipinski definition) is 3. The second-order valence-corrected chi connectivity index (χ2v) is 7.82. The number of aromatic nitrogens is 1. The molecule has 0 spiro atoms. The highest BCUT2D eigenvalue weighted by Gasteiger charge is 2.20. The molecule has 0 aliphatic heterocycles. The van der Waals surface area contributed by atoms with E-state index in [1.165, 1.54) is 26.4 Å². The minimum Gasteiger partial charge on any atom is -0.495 e. The van der Waals surface area contributed by atoms with E-state index in [-0.39, 0.29) is 18.3 Å².